The first kappa shape index (κ1) is 16.9. The minimum Gasteiger partial charge on any atom is -0.544 e. The van der Waals surface area contributed by atoms with E-state index in [0.29, 0.717) is 24.4 Å². The molecule has 0 radical (unpaired) electrons. The van der Waals surface area contributed by atoms with E-state index in [0.717, 1.165) is 0 Å². The van der Waals surface area contributed by atoms with Gasteiger partial charge in [0.25, 0.3) is 0 Å². The molecule has 0 aromatic heterocycles. The van der Waals surface area contributed by atoms with E-state index in [4.69, 9.17) is 9.84 Å². The summed E-state index contributed by atoms with van der Waals surface area (Å²) in [5, 5.41) is 23.8. The fourth-order valence-corrected chi connectivity index (χ4v) is 1.82. The zero-order valence-corrected chi connectivity index (χ0v) is 11.9. The molecule has 0 bridgehead atoms. The first-order valence-corrected chi connectivity index (χ1v) is 6.66. The summed E-state index contributed by atoms with van der Waals surface area (Å²) < 4.78 is 5.10. The third-order valence-electron chi connectivity index (χ3n) is 2.90. The maximum absolute atomic E-state index is 11.9. The number of nitrogens with two attached hydrogens (primary N) is 1. The molecule has 4 N–H and O–H groups in total. The molecule has 1 aromatic rings. The Morgan fingerprint density at radius 2 is 2.14 bits per heavy atom. The number of aliphatic hydroxyl groups excluding tert-OH is 1. The van der Waals surface area contributed by atoms with Crippen LogP contribution in [-0.2, 0) is 9.59 Å². The molecule has 21 heavy (non-hydrogen) atoms. The second kappa shape index (κ2) is 8.93. The zero-order valence-electron chi connectivity index (χ0n) is 11.9. The quantitative estimate of drug-likeness (QED) is 0.460. The molecule has 1 rings (SSSR count). The summed E-state index contributed by atoms with van der Waals surface area (Å²) in [6, 6.07) is 5.88. The zero-order chi connectivity index (χ0) is 15.7. The van der Waals surface area contributed by atoms with Gasteiger partial charge in [0.15, 0.2) is 0 Å². The van der Waals surface area contributed by atoms with Gasteiger partial charge in [0, 0.05) is 13.0 Å². The van der Waals surface area contributed by atoms with Gasteiger partial charge in [-0.25, -0.2) is 0 Å². The van der Waals surface area contributed by atoms with E-state index in [-0.39, 0.29) is 13.0 Å². The highest BCUT2D eigenvalue weighted by Gasteiger charge is 2.18. The Bertz CT molecular complexity index is 478. The molecule has 0 aliphatic heterocycles. The number of aliphatic carboxylic acids is 1. The van der Waals surface area contributed by atoms with E-state index in [1.54, 1.807) is 24.3 Å². The van der Waals surface area contributed by atoms with E-state index in [2.05, 4.69) is 5.32 Å². The Morgan fingerprint density at radius 3 is 2.76 bits per heavy atom. The number of hydrogen-bond donors (Lipinski definition) is 3. The highest BCUT2D eigenvalue weighted by Crippen LogP contribution is 2.22. The van der Waals surface area contributed by atoms with Gasteiger partial charge >= 0.3 is 0 Å². The Balaban J connectivity index is 2.59. The molecule has 0 spiro atoms. The molecular weight excluding hydrogens is 276 g/mol. The van der Waals surface area contributed by atoms with Crippen molar-refractivity contribution >= 4 is 17.6 Å². The molecule has 1 amide bonds. The number of carboxylic acid groups (broad SMARTS) is 1. The lowest BCUT2D eigenvalue weighted by molar-refractivity contribution is -0.682. The van der Waals surface area contributed by atoms with Gasteiger partial charge in [0.2, 0.25) is 5.91 Å². The molecule has 1 atom stereocenters. The first-order chi connectivity index (χ1) is 10.1. The minimum absolute atomic E-state index is 0.0241. The Labute approximate surface area is 122 Å². The van der Waals surface area contributed by atoms with Crippen LogP contribution in [0.2, 0.25) is 0 Å². The number of carbonyl (C=O) groups excluding carboxylic acids is 2. The summed E-state index contributed by atoms with van der Waals surface area (Å²) in [7, 11) is 1.48. The van der Waals surface area contributed by atoms with Gasteiger partial charge < -0.3 is 30.4 Å². The van der Waals surface area contributed by atoms with Crippen molar-refractivity contribution in [3.8, 4) is 5.75 Å². The average Bonchev–Trinajstić information content (AvgIpc) is 2.46. The molecular formula is C14H20N2O5. The predicted octanol–water partition coefficient (Wildman–Crippen LogP) is -1.91. The number of anilines is 1. The number of carboxylic acids is 1. The van der Waals surface area contributed by atoms with Gasteiger partial charge in [0.1, 0.15) is 11.8 Å². The lowest BCUT2D eigenvalue weighted by Gasteiger charge is -2.16. The third-order valence-corrected chi connectivity index (χ3v) is 2.90. The van der Waals surface area contributed by atoms with Gasteiger partial charge in [-0.1, -0.05) is 12.1 Å². The molecule has 116 valence electrons. The van der Waals surface area contributed by atoms with Crippen LogP contribution in [-0.4, -0.2) is 43.3 Å². The van der Waals surface area contributed by atoms with Gasteiger partial charge in [-0.05, 0) is 12.1 Å². The van der Waals surface area contributed by atoms with E-state index in [1.165, 1.54) is 12.4 Å². The molecule has 7 heteroatoms. The molecule has 0 aliphatic carbocycles. The largest absolute Gasteiger partial charge is 0.544 e. The van der Waals surface area contributed by atoms with Crippen LogP contribution in [0.15, 0.2) is 24.3 Å². The molecule has 1 aromatic carbocycles. The van der Waals surface area contributed by atoms with Crippen molar-refractivity contribution in [3.63, 3.8) is 0 Å². The van der Waals surface area contributed by atoms with E-state index in [1.807, 2.05) is 0 Å². The lowest BCUT2D eigenvalue weighted by Crippen LogP contribution is -2.93. The third kappa shape index (κ3) is 5.80. The summed E-state index contributed by atoms with van der Waals surface area (Å²) in [5.74, 6) is -1.24. The van der Waals surface area contributed by atoms with Crippen molar-refractivity contribution < 1.29 is 29.9 Å². The summed E-state index contributed by atoms with van der Waals surface area (Å²) in [6.07, 6.45) is 0.240. The average molecular weight is 296 g/mol. The predicted molar refractivity (Wildman–Crippen MR) is 73.5 cm³/mol. The SMILES string of the molecule is COc1ccccc1NC(=O)C[C@@H]([NH2+]CCCO)C(=O)[O-]. The second-order valence-corrected chi connectivity index (χ2v) is 4.48. The molecule has 0 aliphatic rings. The first-order valence-electron chi connectivity index (χ1n) is 6.66. The van der Waals surface area contributed by atoms with Crippen molar-refractivity contribution in [2.45, 2.75) is 18.9 Å². The number of aliphatic hydroxyl groups is 1. The summed E-state index contributed by atoms with van der Waals surface area (Å²) in [5.41, 5.74) is 0.484. The normalized spacial score (nSPS) is 11.7. The summed E-state index contributed by atoms with van der Waals surface area (Å²) in [6.45, 7) is 0.390. The molecule has 0 heterocycles. The van der Waals surface area contributed by atoms with Gasteiger partial charge in [-0.15, -0.1) is 0 Å². The Hall–Kier alpha value is -2.12. The molecule has 7 nitrogen and oxygen atoms in total. The van der Waals surface area contributed by atoms with Crippen LogP contribution in [0.1, 0.15) is 12.8 Å². The maximum atomic E-state index is 11.9. The number of nitrogens with one attached hydrogen (secondary N) is 1. The summed E-state index contributed by atoms with van der Waals surface area (Å²) in [4.78, 5) is 22.9. The van der Waals surface area contributed by atoms with Crippen molar-refractivity contribution in [3.05, 3.63) is 24.3 Å². The molecule has 0 fully saturated rings. The number of rotatable bonds is 9. The van der Waals surface area contributed by atoms with Crippen molar-refractivity contribution in [1.82, 2.24) is 0 Å². The van der Waals surface area contributed by atoms with Crippen LogP contribution >= 0.6 is 0 Å². The Morgan fingerprint density at radius 1 is 1.43 bits per heavy atom. The van der Waals surface area contributed by atoms with Crippen LogP contribution in [0.5, 0.6) is 5.75 Å². The number of amides is 1. The van der Waals surface area contributed by atoms with Crippen LogP contribution < -0.4 is 20.5 Å². The van der Waals surface area contributed by atoms with Gasteiger partial charge in [0.05, 0.1) is 31.7 Å². The van der Waals surface area contributed by atoms with Crippen molar-refractivity contribution in [2.24, 2.45) is 0 Å². The monoisotopic (exact) mass is 296 g/mol. The number of hydrogen-bond acceptors (Lipinski definition) is 5. The van der Waals surface area contributed by atoms with Crippen molar-refractivity contribution in [1.29, 1.82) is 0 Å². The molecule has 0 unspecified atom stereocenters. The standard InChI is InChI=1S/C14H20N2O5/c1-21-12-6-3-2-5-10(12)16-13(18)9-11(14(19)20)15-7-4-8-17/h2-3,5-6,11,15,17H,4,7-9H2,1H3,(H,16,18)(H,19,20)/t11-/m1/s1. The van der Waals surface area contributed by atoms with Gasteiger partial charge in [-0.3, -0.25) is 4.79 Å². The molecule has 0 saturated heterocycles. The van der Waals surface area contributed by atoms with E-state index >= 15 is 0 Å². The van der Waals surface area contributed by atoms with Crippen LogP contribution in [0.3, 0.4) is 0 Å². The molecule has 0 saturated carbocycles. The number of quaternary nitrogens is 1. The van der Waals surface area contributed by atoms with Crippen LogP contribution in [0.4, 0.5) is 5.69 Å². The maximum Gasteiger partial charge on any atom is 0.230 e. The summed E-state index contributed by atoms with van der Waals surface area (Å²) >= 11 is 0. The van der Waals surface area contributed by atoms with Crippen molar-refractivity contribution in [2.75, 3.05) is 25.6 Å². The highest BCUT2D eigenvalue weighted by molar-refractivity contribution is 5.94. The number of ether oxygens (including phenoxy) is 1. The van der Waals surface area contributed by atoms with Crippen LogP contribution in [0, 0.1) is 0 Å². The Kier molecular flexibility index (Phi) is 7.20. The fourth-order valence-electron chi connectivity index (χ4n) is 1.82. The topological polar surface area (TPSA) is 115 Å². The number of benzene rings is 1. The van der Waals surface area contributed by atoms with Crippen LogP contribution in [0.25, 0.3) is 0 Å². The number of para-hydroxylation sites is 2. The van der Waals surface area contributed by atoms with E-state index < -0.39 is 17.9 Å². The minimum atomic E-state index is -1.30. The fraction of sp³-hybridized carbons (Fsp3) is 0.429. The van der Waals surface area contributed by atoms with Gasteiger partial charge in [-0.2, -0.15) is 0 Å². The second-order valence-electron chi connectivity index (χ2n) is 4.48. The number of methoxy groups -OCH3 is 1. The highest BCUT2D eigenvalue weighted by atomic mass is 16.5. The smallest absolute Gasteiger partial charge is 0.230 e. The lowest BCUT2D eigenvalue weighted by atomic mass is 10.2. The number of carbonyl (C=O) groups is 2. The van der Waals surface area contributed by atoms with E-state index in [9.17, 15) is 14.7 Å².